The summed E-state index contributed by atoms with van der Waals surface area (Å²) in [5.41, 5.74) is 0. The van der Waals surface area contributed by atoms with Crippen molar-refractivity contribution in [1.29, 1.82) is 0 Å². The Balaban J connectivity index is 1.80. The van der Waals surface area contributed by atoms with Crippen LogP contribution in [0.5, 0.6) is 11.5 Å². The molecule has 0 heterocycles. The van der Waals surface area contributed by atoms with E-state index in [-0.39, 0.29) is 17.5 Å². The van der Waals surface area contributed by atoms with Crippen LogP contribution in [0.3, 0.4) is 0 Å². The van der Waals surface area contributed by atoms with E-state index < -0.39 is 29.9 Å². The minimum atomic E-state index is -1.59. The maximum atomic E-state index is 13.0. The number of carbonyl (C=O) groups is 3. The fraction of sp³-hybridized carbons (Fsp3) is 0.375. The van der Waals surface area contributed by atoms with Gasteiger partial charge in [0.1, 0.15) is 11.5 Å². The second-order valence-corrected chi connectivity index (χ2v) is 7.45. The van der Waals surface area contributed by atoms with E-state index in [4.69, 9.17) is 14.2 Å². The summed E-state index contributed by atoms with van der Waals surface area (Å²) in [6.45, 7) is 0. The molecule has 1 aliphatic carbocycles. The van der Waals surface area contributed by atoms with Gasteiger partial charge >= 0.3 is 11.9 Å². The SMILES string of the molecule is COC(C(=O)NC1CCCCC1)C(C(=O)Oc1ccccc1)C(=O)Oc1ccccc1. The molecule has 7 nitrogen and oxygen atoms in total. The Labute approximate surface area is 181 Å². The molecular weight excluding hydrogens is 398 g/mol. The van der Waals surface area contributed by atoms with E-state index in [2.05, 4.69) is 5.32 Å². The van der Waals surface area contributed by atoms with Crippen LogP contribution in [0, 0.1) is 5.92 Å². The molecule has 1 atom stereocenters. The third-order valence-electron chi connectivity index (χ3n) is 5.20. The molecule has 0 saturated heterocycles. The van der Waals surface area contributed by atoms with Crippen molar-refractivity contribution in [3.05, 3.63) is 60.7 Å². The molecular formula is C24H27NO6. The molecule has 3 rings (SSSR count). The Morgan fingerprint density at radius 1 is 0.806 bits per heavy atom. The maximum absolute atomic E-state index is 13.0. The molecule has 7 heteroatoms. The number of methoxy groups -OCH3 is 1. The Morgan fingerprint density at radius 2 is 1.29 bits per heavy atom. The van der Waals surface area contributed by atoms with Crippen LogP contribution in [-0.4, -0.2) is 37.1 Å². The minimum Gasteiger partial charge on any atom is -0.426 e. The monoisotopic (exact) mass is 425 g/mol. The molecule has 0 aromatic heterocycles. The number of esters is 2. The maximum Gasteiger partial charge on any atom is 0.329 e. The molecule has 0 radical (unpaired) electrons. The first kappa shape index (κ1) is 22.5. The van der Waals surface area contributed by atoms with Gasteiger partial charge in [-0.25, -0.2) is 0 Å². The Kier molecular flexibility index (Phi) is 8.18. The van der Waals surface area contributed by atoms with Gasteiger partial charge in [0.05, 0.1) is 0 Å². The number of hydrogen-bond acceptors (Lipinski definition) is 6. The fourth-order valence-corrected chi connectivity index (χ4v) is 3.60. The van der Waals surface area contributed by atoms with Crippen LogP contribution in [-0.2, 0) is 19.1 Å². The van der Waals surface area contributed by atoms with Gasteiger partial charge in [0, 0.05) is 13.2 Å². The molecule has 1 saturated carbocycles. The first-order valence-electron chi connectivity index (χ1n) is 10.4. The molecule has 0 spiro atoms. The van der Waals surface area contributed by atoms with Crippen LogP contribution in [0.4, 0.5) is 0 Å². The predicted octanol–water partition coefficient (Wildman–Crippen LogP) is 3.28. The highest BCUT2D eigenvalue weighted by Crippen LogP contribution is 2.21. The zero-order valence-electron chi connectivity index (χ0n) is 17.5. The minimum absolute atomic E-state index is 0.00478. The number of nitrogens with one attached hydrogen (secondary N) is 1. The van der Waals surface area contributed by atoms with E-state index in [0.717, 1.165) is 32.1 Å². The lowest BCUT2D eigenvalue weighted by molar-refractivity contribution is -0.162. The quantitative estimate of drug-likeness (QED) is 0.397. The van der Waals surface area contributed by atoms with Crippen molar-refractivity contribution in [1.82, 2.24) is 5.32 Å². The second kappa shape index (κ2) is 11.3. The summed E-state index contributed by atoms with van der Waals surface area (Å²) in [5, 5.41) is 2.91. The van der Waals surface area contributed by atoms with Crippen molar-refractivity contribution in [2.24, 2.45) is 5.92 Å². The molecule has 31 heavy (non-hydrogen) atoms. The highest BCUT2D eigenvalue weighted by Gasteiger charge is 2.43. The van der Waals surface area contributed by atoms with Crippen LogP contribution >= 0.6 is 0 Å². The number of ether oxygens (including phenoxy) is 3. The van der Waals surface area contributed by atoms with Gasteiger partial charge in [-0.2, -0.15) is 0 Å². The van der Waals surface area contributed by atoms with Crippen molar-refractivity contribution in [3.8, 4) is 11.5 Å². The van der Waals surface area contributed by atoms with Crippen molar-refractivity contribution >= 4 is 17.8 Å². The molecule has 2 aromatic carbocycles. The van der Waals surface area contributed by atoms with E-state index in [9.17, 15) is 14.4 Å². The average molecular weight is 425 g/mol. The average Bonchev–Trinajstić information content (AvgIpc) is 2.79. The smallest absolute Gasteiger partial charge is 0.329 e. The van der Waals surface area contributed by atoms with Crippen molar-refractivity contribution in [2.75, 3.05) is 7.11 Å². The fourth-order valence-electron chi connectivity index (χ4n) is 3.60. The number of benzene rings is 2. The summed E-state index contributed by atoms with van der Waals surface area (Å²) in [6, 6.07) is 16.7. The van der Waals surface area contributed by atoms with Crippen molar-refractivity contribution in [2.45, 2.75) is 44.2 Å². The summed E-state index contributed by atoms with van der Waals surface area (Å²) in [5.74, 6) is -3.45. The Hall–Kier alpha value is -3.19. The number of hydrogen-bond donors (Lipinski definition) is 1. The topological polar surface area (TPSA) is 90.9 Å². The van der Waals surface area contributed by atoms with Gasteiger partial charge in [0.2, 0.25) is 0 Å². The molecule has 164 valence electrons. The summed E-state index contributed by atoms with van der Waals surface area (Å²) in [4.78, 5) is 38.9. The zero-order chi connectivity index (χ0) is 22.1. The zero-order valence-corrected chi connectivity index (χ0v) is 17.5. The Bertz CT molecular complexity index is 811. The number of carbonyl (C=O) groups excluding carboxylic acids is 3. The van der Waals surface area contributed by atoms with Gasteiger partial charge in [0.25, 0.3) is 5.91 Å². The molecule has 0 bridgehead atoms. The second-order valence-electron chi connectivity index (χ2n) is 7.45. The van der Waals surface area contributed by atoms with Gasteiger partial charge in [-0.3, -0.25) is 14.4 Å². The summed E-state index contributed by atoms with van der Waals surface area (Å²) >= 11 is 0. The molecule has 1 amide bonds. The number of para-hydroxylation sites is 2. The van der Waals surface area contributed by atoms with Gasteiger partial charge in [-0.15, -0.1) is 0 Å². The van der Waals surface area contributed by atoms with Crippen LogP contribution in [0.2, 0.25) is 0 Å². The lowest BCUT2D eigenvalue weighted by atomic mass is 9.94. The van der Waals surface area contributed by atoms with Gasteiger partial charge < -0.3 is 19.5 Å². The molecule has 2 aromatic rings. The van der Waals surface area contributed by atoms with Crippen LogP contribution in [0.25, 0.3) is 0 Å². The van der Waals surface area contributed by atoms with Crippen LogP contribution in [0.1, 0.15) is 32.1 Å². The van der Waals surface area contributed by atoms with E-state index >= 15 is 0 Å². The normalized spacial score (nSPS) is 15.2. The summed E-state index contributed by atoms with van der Waals surface area (Å²) < 4.78 is 16.0. The third kappa shape index (κ3) is 6.39. The standard InChI is InChI=1S/C24H27NO6/c1-29-21(22(26)25-17-11-5-2-6-12-17)20(23(27)30-18-13-7-3-8-14-18)24(28)31-19-15-9-4-10-16-19/h3-4,7-10,13-17,20-21H,2,5-6,11-12H2,1H3,(H,25,26). The van der Waals surface area contributed by atoms with E-state index in [1.807, 2.05) is 0 Å². The van der Waals surface area contributed by atoms with Crippen molar-refractivity contribution < 1.29 is 28.6 Å². The van der Waals surface area contributed by atoms with Crippen molar-refractivity contribution in [3.63, 3.8) is 0 Å². The highest BCUT2D eigenvalue weighted by molar-refractivity contribution is 6.02. The van der Waals surface area contributed by atoms with E-state index in [1.54, 1.807) is 60.7 Å². The van der Waals surface area contributed by atoms with Gasteiger partial charge in [-0.05, 0) is 37.1 Å². The number of rotatable bonds is 8. The Morgan fingerprint density at radius 3 is 1.74 bits per heavy atom. The largest absolute Gasteiger partial charge is 0.426 e. The molecule has 0 aliphatic heterocycles. The number of amides is 1. The summed E-state index contributed by atoms with van der Waals surface area (Å²) in [6.07, 6.45) is 3.52. The third-order valence-corrected chi connectivity index (χ3v) is 5.20. The van der Waals surface area contributed by atoms with Gasteiger partial charge in [-0.1, -0.05) is 55.7 Å². The highest BCUT2D eigenvalue weighted by atomic mass is 16.6. The molecule has 1 N–H and O–H groups in total. The van der Waals surface area contributed by atoms with Gasteiger partial charge in [0.15, 0.2) is 12.0 Å². The molecule has 1 fully saturated rings. The predicted molar refractivity (Wildman–Crippen MR) is 113 cm³/mol. The first-order chi connectivity index (χ1) is 15.1. The molecule has 1 unspecified atom stereocenters. The molecule has 1 aliphatic rings. The van der Waals surface area contributed by atoms with E-state index in [0.29, 0.717) is 0 Å². The first-order valence-corrected chi connectivity index (χ1v) is 10.4. The van der Waals surface area contributed by atoms with Crippen LogP contribution in [0.15, 0.2) is 60.7 Å². The lowest BCUT2D eigenvalue weighted by Crippen LogP contribution is -2.51. The van der Waals surface area contributed by atoms with E-state index in [1.165, 1.54) is 7.11 Å². The summed E-state index contributed by atoms with van der Waals surface area (Å²) in [7, 11) is 1.28. The van der Waals surface area contributed by atoms with Crippen LogP contribution < -0.4 is 14.8 Å². The lowest BCUT2D eigenvalue weighted by Gasteiger charge is -2.27.